The number of aliphatic hydroxyl groups is 1. The average molecular weight is 258 g/mol. The van der Waals surface area contributed by atoms with Crippen LogP contribution in [0.4, 0.5) is 8.78 Å². The molecule has 4 heteroatoms. The lowest BCUT2D eigenvalue weighted by Gasteiger charge is -2.16. The van der Waals surface area contributed by atoms with Crippen molar-refractivity contribution in [2.45, 2.75) is 45.8 Å². The lowest BCUT2D eigenvalue weighted by molar-refractivity contribution is -0.0498. The van der Waals surface area contributed by atoms with Crippen molar-refractivity contribution in [3.05, 3.63) is 29.8 Å². The van der Waals surface area contributed by atoms with E-state index in [1.165, 1.54) is 12.1 Å². The van der Waals surface area contributed by atoms with E-state index in [-0.39, 0.29) is 5.75 Å². The minimum Gasteiger partial charge on any atom is -0.435 e. The fraction of sp³-hybridized carbons (Fsp3) is 0.571. The zero-order valence-electron chi connectivity index (χ0n) is 10.8. The van der Waals surface area contributed by atoms with Gasteiger partial charge in [0.15, 0.2) is 0 Å². The highest BCUT2D eigenvalue weighted by molar-refractivity contribution is 5.28. The molecular formula is C14H20F2O2. The summed E-state index contributed by atoms with van der Waals surface area (Å²) in [7, 11) is 0. The summed E-state index contributed by atoms with van der Waals surface area (Å²) in [5.41, 5.74) is 0.736. The predicted molar refractivity (Wildman–Crippen MR) is 66.7 cm³/mol. The molecule has 0 radical (unpaired) electrons. The second-order valence-electron chi connectivity index (χ2n) is 4.59. The minimum absolute atomic E-state index is 0.113. The number of ether oxygens (including phenoxy) is 1. The summed E-state index contributed by atoms with van der Waals surface area (Å²) in [6.07, 6.45) is 2.30. The molecule has 102 valence electrons. The topological polar surface area (TPSA) is 29.5 Å². The second-order valence-corrected chi connectivity index (χ2v) is 4.59. The fourth-order valence-electron chi connectivity index (χ4n) is 2.00. The summed E-state index contributed by atoms with van der Waals surface area (Å²) in [5.74, 6) is 0.560. The molecule has 1 aromatic carbocycles. The van der Waals surface area contributed by atoms with Crippen LogP contribution < -0.4 is 4.74 Å². The van der Waals surface area contributed by atoms with Crippen LogP contribution in [0.3, 0.4) is 0 Å². The first-order valence-electron chi connectivity index (χ1n) is 6.25. The van der Waals surface area contributed by atoms with Crippen LogP contribution in [0, 0.1) is 5.92 Å². The third-order valence-electron chi connectivity index (χ3n) is 2.90. The van der Waals surface area contributed by atoms with Crippen molar-refractivity contribution in [1.82, 2.24) is 0 Å². The summed E-state index contributed by atoms with van der Waals surface area (Å²) < 4.78 is 28.2. The molecule has 0 aliphatic carbocycles. The van der Waals surface area contributed by atoms with Gasteiger partial charge in [-0.15, -0.1) is 0 Å². The second kappa shape index (κ2) is 7.31. The van der Waals surface area contributed by atoms with Crippen molar-refractivity contribution in [2.75, 3.05) is 0 Å². The molecule has 2 unspecified atom stereocenters. The summed E-state index contributed by atoms with van der Waals surface area (Å²) in [6.45, 7) is 1.39. The maximum atomic E-state index is 12.0. The first kappa shape index (κ1) is 14.9. The van der Waals surface area contributed by atoms with Gasteiger partial charge in [-0.05, 0) is 30.0 Å². The smallest absolute Gasteiger partial charge is 0.387 e. The molecular weight excluding hydrogens is 238 g/mol. The van der Waals surface area contributed by atoms with Gasteiger partial charge in [0.25, 0.3) is 0 Å². The van der Waals surface area contributed by atoms with E-state index >= 15 is 0 Å². The van der Waals surface area contributed by atoms with Gasteiger partial charge in [-0.25, -0.2) is 0 Å². The standard InChI is InChI=1S/C14H20F2O2/c1-3-4-10(2)9-13(17)11-5-7-12(8-6-11)18-14(15)16/h5-8,10,13-14,17H,3-4,9H2,1-2H3. The Bertz CT molecular complexity index is 338. The molecule has 0 spiro atoms. The molecule has 0 aliphatic heterocycles. The van der Waals surface area contributed by atoms with E-state index in [1.54, 1.807) is 12.1 Å². The molecule has 1 rings (SSSR count). The maximum absolute atomic E-state index is 12.0. The Morgan fingerprint density at radius 1 is 1.22 bits per heavy atom. The molecule has 18 heavy (non-hydrogen) atoms. The number of hydrogen-bond donors (Lipinski definition) is 1. The first-order chi connectivity index (χ1) is 8.52. The monoisotopic (exact) mass is 258 g/mol. The Morgan fingerprint density at radius 3 is 2.33 bits per heavy atom. The summed E-state index contributed by atoms with van der Waals surface area (Å²) in [5, 5.41) is 10.0. The van der Waals surface area contributed by atoms with Gasteiger partial charge in [-0.2, -0.15) is 8.78 Å². The van der Waals surface area contributed by atoms with Gasteiger partial charge in [-0.3, -0.25) is 0 Å². The average Bonchev–Trinajstić information content (AvgIpc) is 2.29. The number of aliphatic hydroxyl groups excluding tert-OH is 1. The highest BCUT2D eigenvalue weighted by Crippen LogP contribution is 2.25. The molecule has 0 aromatic heterocycles. The molecule has 0 heterocycles. The van der Waals surface area contributed by atoms with E-state index in [9.17, 15) is 13.9 Å². The molecule has 2 atom stereocenters. The summed E-state index contributed by atoms with van der Waals surface area (Å²) in [6, 6.07) is 6.16. The van der Waals surface area contributed by atoms with Crippen LogP contribution in [-0.4, -0.2) is 11.7 Å². The van der Waals surface area contributed by atoms with Crippen LogP contribution in [0.5, 0.6) is 5.75 Å². The van der Waals surface area contributed by atoms with Crippen LogP contribution in [0.15, 0.2) is 24.3 Å². The van der Waals surface area contributed by atoms with Crippen molar-refractivity contribution >= 4 is 0 Å². The molecule has 1 aromatic rings. The van der Waals surface area contributed by atoms with Crippen molar-refractivity contribution < 1.29 is 18.6 Å². The van der Waals surface area contributed by atoms with Gasteiger partial charge in [0, 0.05) is 0 Å². The van der Waals surface area contributed by atoms with Crippen LogP contribution in [0.2, 0.25) is 0 Å². The number of alkyl halides is 2. The number of rotatable bonds is 7. The number of hydrogen-bond acceptors (Lipinski definition) is 2. The van der Waals surface area contributed by atoms with E-state index in [4.69, 9.17) is 0 Å². The van der Waals surface area contributed by atoms with E-state index < -0.39 is 12.7 Å². The van der Waals surface area contributed by atoms with Gasteiger partial charge in [0.05, 0.1) is 6.10 Å². The van der Waals surface area contributed by atoms with Gasteiger partial charge >= 0.3 is 6.61 Å². The highest BCUT2D eigenvalue weighted by Gasteiger charge is 2.12. The van der Waals surface area contributed by atoms with Crippen molar-refractivity contribution in [2.24, 2.45) is 5.92 Å². The third-order valence-corrected chi connectivity index (χ3v) is 2.90. The van der Waals surface area contributed by atoms with E-state index in [0.29, 0.717) is 12.3 Å². The minimum atomic E-state index is -2.81. The lowest BCUT2D eigenvalue weighted by Crippen LogP contribution is -2.05. The van der Waals surface area contributed by atoms with E-state index in [0.717, 1.165) is 18.4 Å². The fourth-order valence-corrected chi connectivity index (χ4v) is 2.00. The molecule has 0 saturated heterocycles. The van der Waals surface area contributed by atoms with Gasteiger partial charge in [0.2, 0.25) is 0 Å². The third kappa shape index (κ3) is 5.00. The first-order valence-corrected chi connectivity index (χ1v) is 6.25. The van der Waals surface area contributed by atoms with E-state index in [1.807, 2.05) is 0 Å². The van der Waals surface area contributed by atoms with Gasteiger partial charge in [0.1, 0.15) is 5.75 Å². The van der Waals surface area contributed by atoms with Crippen LogP contribution >= 0.6 is 0 Å². The number of halogens is 2. The predicted octanol–water partition coefficient (Wildman–Crippen LogP) is 4.15. The maximum Gasteiger partial charge on any atom is 0.387 e. The van der Waals surface area contributed by atoms with Gasteiger partial charge in [-0.1, -0.05) is 38.8 Å². The molecule has 0 saturated carbocycles. The molecule has 2 nitrogen and oxygen atoms in total. The zero-order chi connectivity index (χ0) is 13.5. The molecule has 0 bridgehead atoms. The zero-order valence-corrected chi connectivity index (χ0v) is 10.8. The molecule has 0 aliphatic rings. The highest BCUT2D eigenvalue weighted by atomic mass is 19.3. The summed E-state index contributed by atoms with van der Waals surface area (Å²) in [4.78, 5) is 0. The van der Waals surface area contributed by atoms with Gasteiger partial charge < -0.3 is 9.84 Å². The largest absolute Gasteiger partial charge is 0.435 e. The van der Waals surface area contributed by atoms with Crippen LogP contribution in [-0.2, 0) is 0 Å². The lowest BCUT2D eigenvalue weighted by atomic mass is 9.95. The van der Waals surface area contributed by atoms with Crippen molar-refractivity contribution in [3.63, 3.8) is 0 Å². The Kier molecular flexibility index (Phi) is 6.05. The van der Waals surface area contributed by atoms with Crippen molar-refractivity contribution in [1.29, 1.82) is 0 Å². The van der Waals surface area contributed by atoms with E-state index in [2.05, 4.69) is 18.6 Å². The Hall–Kier alpha value is -1.16. The van der Waals surface area contributed by atoms with Crippen LogP contribution in [0.25, 0.3) is 0 Å². The summed E-state index contributed by atoms with van der Waals surface area (Å²) >= 11 is 0. The Balaban J connectivity index is 2.55. The Morgan fingerprint density at radius 2 is 1.83 bits per heavy atom. The quantitative estimate of drug-likeness (QED) is 0.796. The SMILES string of the molecule is CCCC(C)CC(O)c1ccc(OC(F)F)cc1. The van der Waals surface area contributed by atoms with Crippen LogP contribution in [0.1, 0.15) is 44.8 Å². The van der Waals surface area contributed by atoms with Crippen molar-refractivity contribution in [3.8, 4) is 5.75 Å². The molecule has 0 fully saturated rings. The Labute approximate surface area is 107 Å². The number of benzene rings is 1. The molecule has 1 N–H and O–H groups in total. The molecule has 0 amide bonds. The normalized spacial score (nSPS) is 14.6.